The van der Waals surface area contributed by atoms with Crippen LogP contribution in [-0.2, 0) is 0 Å². The number of ether oxygens (including phenoxy) is 1. The number of aryl methyl sites for hydroxylation is 1. The highest BCUT2D eigenvalue weighted by atomic mass is 16.5. The number of rotatable bonds is 3. The van der Waals surface area contributed by atoms with Crippen LogP contribution < -0.4 is 16.0 Å². The van der Waals surface area contributed by atoms with Crippen LogP contribution >= 0.6 is 0 Å². The zero-order valence-corrected chi connectivity index (χ0v) is 8.03. The Balaban J connectivity index is 2.88. The number of nitrogen functional groups attached to an aromatic ring is 1. The molecular weight excluding hydrogens is 168 g/mol. The zero-order valence-electron chi connectivity index (χ0n) is 8.03. The molecule has 72 valence electrons. The van der Waals surface area contributed by atoms with E-state index >= 15 is 0 Å². The summed E-state index contributed by atoms with van der Waals surface area (Å²) in [6, 6.07) is 1.66. The molecule has 13 heavy (non-hydrogen) atoms. The van der Waals surface area contributed by atoms with Gasteiger partial charge in [0.05, 0.1) is 6.10 Å². The lowest BCUT2D eigenvalue weighted by molar-refractivity contribution is 0.232. The van der Waals surface area contributed by atoms with Gasteiger partial charge in [0.2, 0.25) is 5.88 Å². The summed E-state index contributed by atoms with van der Waals surface area (Å²) in [6.45, 7) is 5.66. The van der Waals surface area contributed by atoms with E-state index in [2.05, 4.69) is 15.4 Å². The Hall–Kier alpha value is -1.36. The van der Waals surface area contributed by atoms with Crippen molar-refractivity contribution in [3.63, 3.8) is 0 Å². The molecule has 5 heteroatoms. The predicted molar refractivity (Wildman–Crippen MR) is 50.3 cm³/mol. The average molecular weight is 182 g/mol. The van der Waals surface area contributed by atoms with Crippen molar-refractivity contribution >= 4 is 5.82 Å². The van der Waals surface area contributed by atoms with Crippen LogP contribution in [0.3, 0.4) is 0 Å². The summed E-state index contributed by atoms with van der Waals surface area (Å²) in [6.07, 6.45) is 0.0972. The van der Waals surface area contributed by atoms with Crippen LogP contribution in [0, 0.1) is 6.92 Å². The molecule has 0 aliphatic rings. The number of anilines is 1. The van der Waals surface area contributed by atoms with Gasteiger partial charge in [-0.3, -0.25) is 0 Å². The van der Waals surface area contributed by atoms with Crippen LogP contribution in [0.5, 0.6) is 5.88 Å². The van der Waals surface area contributed by atoms with Crippen molar-refractivity contribution in [1.82, 2.24) is 9.97 Å². The lowest BCUT2D eigenvalue weighted by Crippen LogP contribution is -2.12. The number of hydrazine groups is 1. The highest BCUT2D eigenvalue weighted by Gasteiger charge is 2.02. The maximum atomic E-state index is 5.39. The van der Waals surface area contributed by atoms with Crippen LogP contribution in [0.4, 0.5) is 5.82 Å². The normalized spacial score (nSPS) is 10.2. The number of nitrogens with one attached hydrogen (secondary N) is 1. The zero-order chi connectivity index (χ0) is 9.84. The Morgan fingerprint density at radius 1 is 1.46 bits per heavy atom. The Morgan fingerprint density at radius 3 is 2.69 bits per heavy atom. The minimum Gasteiger partial charge on any atom is -0.475 e. The Bertz CT molecular complexity index is 287. The summed E-state index contributed by atoms with van der Waals surface area (Å²) in [5.41, 5.74) is 2.45. The van der Waals surface area contributed by atoms with Gasteiger partial charge in [0.15, 0.2) is 0 Å². The first-order chi connectivity index (χ1) is 6.11. The highest BCUT2D eigenvalue weighted by molar-refractivity contribution is 5.36. The van der Waals surface area contributed by atoms with Gasteiger partial charge in [0, 0.05) is 6.07 Å². The van der Waals surface area contributed by atoms with Crippen molar-refractivity contribution in [2.24, 2.45) is 5.84 Å². The van der Waals surface area contributed by atoms with E-state index in [4.69, 9.17) is 10.6 Å². The fourth-order valence-corrected chi connectivity index (χ4v) is 0.916. The van der Waals surface area contributed by atoms with Gasteiger partial charge >= 0.3 is 0 Å². The minimum absolute atomic E-state index is 0.0972. The van der Waals surface area contributed by atoms with Crippen molar-refractivity contribution in [3.8, 4) is 5.88 Å². The van der Waals surface area contributed by atoms with Crippen LogP contribution in [-0.4, -0.2) is 16.1 Å². The molecule has 0 aromatic carbocycles. The maximum absolute atomic E-state index is 5.39. The largest absolute Gasteiger partial charge is 0.475 e. The Kier molecular flexibility index (Phi) is 3.02. The third kappa shape index (κ3) is 2.87. The highest BCUT2D eigenvalue weighted by Crippen LogP contribution is 2.13. The fraction of sp³-hybridized carbons (Fsp3) is 0.500. The molecule has 0 saturated carbocycles. The molecule has 1 heterocycles. The molecule has 0 aliphatic heterocycles. The summed E-state index contributed by atoms with van der Waals surface area (Å²) in [5.74, 6) is 6.95. The molecule has 0 unspecified atom stereocenters. The second-order valence-corrected chi connectivity index (χ2v) is 2.95. The van der Waals surface area contributed by atoms with Gasteiger partial charge in [0.25, 0.3) is 0 Å². The number of aromatic nitrogens is 2. The van der Waals surface area contributed by atoms with Gasteiger partial charge in [-0.15, -0.1) is 0 Å². The van der Waals surface area contributed by atoms with Crippen molar-refractivity contribution < 1.29 is 4.74 Å². The van der Waals surface area contributed by atoms with Crippen molar-refractivity contribution in [3.05, 3.63) is 11.9 Å². The van der Waals surface area contributed by atoms with Gasteiger partial charge in [-0.25, -0.2) is 10.8 Å². The monoisotopic (exact) mass is 182 g/mol. The molecule has 0 aliphatic carbocycles. The molecule has 0 fully saturated rings. The van der Waals surface area contributed by atoms with Crippen molar-refractivity contribution in [2.75, 3.05) is 5.43 Å². The lowest BCUT2D eigenvalue weighted by atomic mass is 10.4. The van der Waals surface area contributed by atoms with E-state index in [1.165, 1.54) is 0 Å². The van der Waals surface area contributed by atoms with E-state index in [0.717, 1.165) is 0 Å². The second kappa shape index (κ2) is 4.04. The smallest absolute Gasteiger partial charge is 0.219 e. The molecule has 0 saturated heterocycles. The average Bonchev–Trinajstić information content (AvgIpc) is 2.01. The number of nitrogens with two attached hydrogens (primary N) is 1. The molecule has 3 N–H and O–H groups in total. The number of hydrogen-bond acceptors (Lipinski definition) is 5. The lowest BCUT2D eigenvalue weighted by Gasteiger charge is -2.09. The van der Waals surface area contributed by atoms with Crippen LogP contribution in [0.15, 0.2) is 6.07 Å². The molecule has 0 spiro atoms. The second-order valence-electron chi connectivity index (χ2n) is 2.95. The van der Waals surface area contributed by atoms with E-state index in [1.807, 2.05) is 13.8 Å². The van der Waals surface area contributed by atoms with E-state index in [9.17, 15) is 0 Å². The van der Waals surface area contributed by atoms with Crippen molar-refractivity contribution in [1.29, 1.82) is 0 Å². The van der Waals surface area contributed by atoms with E-state index in [1.54, 1.807) is 13.0 Å². The minimum atomic E-state index is 0.0972. The quantitative estimate of drug-likeness (QED) is 0.535. The van der Waals surface area contributed by atoms with Gasteiger partial charge in [-0.05, 0) is 20.8 Å². The van der Waals surface area contributed by atoms with Crippen LogP contribution in [0.2, 0.25) is 0 Å². The molecule has 1 aromatic heterocycles. The van der Waals surface area contributed by atoms with Gasteiger partial charge in [0.1, 0.15) is 11.6 Å². The first-order valence-corrected chi connectivity index (χ1v) is 4.10. The van der Waals surface area contributed by atoms with E-state index in [0.29, 0.717) is 17.5 Å². The fourth-order valence-electron chi connectivity index (χ4n) is 0.916. The molecule has 0 bridgehead atoms. The predicted octanol–water partition coefficient (Wildman–Crippen LogP) is 0.858. The SMILES string of the molecule is Cc1nc(NN)cc(OC(C)C)n1. The summed E-state index contributed by atoms with van der Waals surface area (Å²) in [7, 11) is 0. The summed E-state index contributed by atoms with van der Waals surface area (Å²) < 4.78 is 5.39. The molecule has 0 atom stereocenters. The van der Waals surface area contributed by atoms with Crippen molar-refractivity contribution in [2.45, 2.75) is 26.9 Å². The maximum Gasteiger partial charge on any atom is 0.219 e. The van der Waals surface area contributed by atoms with Gasteiger partial charge in [-0.2, -0.15) is 4.98 Å². The van der Waals surface area contributed by atoms with E-state index in [-0.39, 0.29) is 6.10 Å². The third-order valence-corrected chi connectivity index (χ3v) is 1.32. The molecule has 0 amide bonds. The Morgan fingerprint density at radius 2 is 2.15 bits per heavy atom. The summed E-state index contributed by atoms with van der Waals surface area (Å²) >= 11 is 0. The molecular formula is C8H14N4O. The van der Waals surface area contributed by atoms with Gasteiger partial charge in [-0.1, -0.05) is 0 Å². The molecule has 0 radical (unpaired) electrons. The van der Waals surface area contributed by atoms with Crippen LogP contribution in [0.1, 0.15) is 19.7 Å². The van der Waals surface area contributed by atoms with Crippen LogP contribution in [0.25, 0.3) is 0 Å². The first-order valence-electron chi connectivity index (χ1n) is 4.10. The Labute approximate surface area is 77.3 Å². The van der Waals surface area contributed by atoms with Gasteiger partial charge < -0.3 is 10.2 Å². The first kappa shape index (κ1) is 9.73. The molecule has 1 aromatic rings. The number of hydrogen-bond donors (Lipinski definition) is 2. The van der Waals surface area contributed by atoms with E-state index < -0.39 is 0 Å². The molecule has 1 rings (SSSR count). The topological polar surface area (TPSA) is 73.1 Å². The molecule has 5 nitrogen and oxygen atoms in total. The third-order valence-electron chi connectivity index (χ3n) is 1.32. The standard InChI is InChI=1S/C8H14N4O/c1-5(2)13-8-4-7(12-9)10-6(3)11-8/h4-5H,9H2,1-3H3,(H,10,11,12). The summed E-state index contributed by atoms with van der Waals surface area (Å²) in [4.78, 5) is 8.13. The number of nitrogens with zero attached hydrogens (tertiary/aromatic N) is 2. The summed E-state index contributed by atoms with van der Waals surface area (Å²) in [5, 5.41) is 0.